The van der Waals surface area contributed by atoms with E-state index in [1.54, 1.807) is 30.3 Å². The molecule has 0 saturated carbocycles. The van der Waals surface area contributed by atoms with E-state index in [9.17, 15) is 9.59 Å². The van der Waals surface area contributed by atoms with Crippen LogP contribution in [0.25, 0.3) is 11.5 Å². The lowest BCUT2D eigenvalue weighted by molar-refractivity contribution is -0.116. The van der Waals surface area contributed by atoms with E-state index in [2.05, 4.69) is 15.5 Å². The Bertz CT molecular complexity index is 1040. The number of aromatic nitrogens is 3. The van der Waals surface area contributed by atoms with Gasteiger partial charge in [-0.15, -0.1) is 0 Å². The molecule has 1 aromatic carbocycles. The minimum absolute atomic E-state index is 0.164. The third-order valence-corrected chi connectivity index (χ3v) is 3.78. The average molecular weight is 363 g/mol. The molecule has 1 N–H and O–H groups in total. The summed E-state index contributed by atoms with van der Waals surface area (Å²) in [6.45, 7) is 1.85. The van der Waals surface area contributed by atoms with Crippen LogP contribution in [0, 0.1) is 11.3 Å². The maximum absolute atomic E-state index is 12.2. The van der Waals surface area contributed by atoms with Crippen LogP contribution in [0.3, 0.4) is 0 Å². The highest BCUT2D eigenvalue weighted by molar-refractivity contribution is 5.90. The first-order chi connectivity index (χ1) is 13.1. The monoisotopic (exact) mass is 363 g/mol. The summed E-state index contributed by atoms with van der Waals surface area (Å²) in [4.78, 5) is 28.6. The summed E-state index contributed by atoms with van der Waals surface area (Å²) in [5, 5.41) is 15.4. The average Bonchev–Trinajstić information content (AvgIpc) is 3.13. The lowest BCUT2D eigenvalue weighted by Crippen LogP contribution is -2.26. The van der Waals surface area contributed by atoms with Crippen LogP contribution < -0.4 is 10.9 Å². The van der Waals surface area contributed by atoms with Gasteiger partial charge in [0.25, 0.3) is 11.4 Å². The van der Waals surface area contributed by atoms with Crippen molar-refractivity contribution in [3.63, 3.8) is 0 Å². The lowest BCUT2D eigenvalue weighted by atomic mass is 10.2. The number of hydrogen-bond donors (Lipinski definition) is 1. The smallest absolute Gasteiger partial charge is 0.259 e. The number of rotatable bonds is 6. The zero-order valence-electron chi connectivity index (χ0n) is 14.7. The van der Waals surface area contributed by atoms with Crippen molar-refractivity contribution in [1.29, 1.82) is 5.26 Å². The van der Waals surface area contributed by atoms with Crippen LogP contribution in [0.2, 0.25) is 0 Å². The number of hydrogen-bond acceptors (Lipinski definition) is 6. The fourth-order valence-electron chi connectivity index (χ4n) is 2.46. The molecule has 3 rings (SSSR count). The second kappa shape index (κ2) is 8.10. The van der Waals surface area contributed by atoms with Crippen molar-refractivity contribution in [3.8, 4) is 17.5 Å². The van der Waals surface area contributed by atoms with E-state index >= 15 is 0 Å². The fraction of sp³-hybridized carbons (Fsp3) is 0.211. The second-order valence-corrected chi connectivity index (χ2v) is 5.89. The summed E-state index contributed by atoms with van der Waals surface area (Å²) in [6.07, 6.45) is 3.12. The van der Waals surface area contributed by atoms with Gasteiger partial charge in [-0.05, 0) is 36.8 Å². The number of amides is 1. The van der Waals surface area contributed by atoms with Crippen molar-refractivity contribution in [3.05, 3.63) is 64.3 Å². The van der Waals surface area contributed by atoms with Gasteiger partial charge in [0.1, 0.15) is 6.54 Å². The Morgan fingerprint density at radius 2 is 2.04 bits per heavy atom. The van der Waals surface area contributed by atoms with Gasteiger partial charge in [0.15, 0.2) is 5.82 Å². The van der Waals surface area contributed by atoms with E-state index in [4.69, 9.17) is 9.78 Å². The first-order valence-corrected chi connectivity index (χ1v) is 8.42. The maximum Gasteiger partial charge on any atom is 0.259 e. The third-order valence-electron chi connectivity index (χ3n) is 3.78. The van der Waals surface area contributed by atoms with Gasteiger partial charge < -0.3 is 14.4 Å². The Kier molecular flexibility index (Phi) is 5.42. The quantitative estimate of drug-likeness (QED) is 0.719. The number of anilines is 1. The summed E-state index contributed by atoms with van der Waals surface area (Å²) in [5.74, 6) is 0.541. The molecule has 2 aromatic heterocycles. The number of carbonyl (C=O) groups is 1. The van der Waals surface area contributed by atoms with Gasteiger partial charge in [0, 0.05) is 24.4 Å². The number of carbonyl (C=O) groups excluding carboxylic acids is 1. The van der Waals surface area contributed by atoms with Crippen LogP contribution in [0.15, 0.2) is 51.9 Å². The minimum Gasteiger partial charge on any atom is -0.334 e. The molecule has 0 fully saturated rings. The van der Waals surface area contributed by atoms with Crippen molar-refractivity contribution in [1.82, 2.24) is 14.7 Å². The number of nitriles is 1. The molecule has 0 radical (unpaired) electrons. The van der Waals surface area contributed by atoms with Crippen molar-refractivity contribution >= 4 is 11.6 Å². The topological polar surface area (TPSA) is 114 Å². The van der Waals surface area contributed by atoms with E-state index in [0.29, 0.717) is 35.0 Å². The molecule has 3 aromatic rings. The Hall–Kier alpha value is -3.73. The van der Waals surface area contributed by atoms with E-state index in [1.807, 2.05) is 13.0 Å². The van der Waals surface area contributed by atoms with Crippen LogP contribution in [0.5, 0.6) is 0 Å². The Labute approximate surface area is 155 Å². The molecule has 0 aliphatic heterocycles. The van der Waals surface area contributed by atoms with Crippen LogP contribution >= 0.6 is 0 Å². The summed E-state index contributed by atoms with van der Waals surface area (Å²) in [5.41, 5.74) is 1.29. The fourth-order valence-corrected chi connectivity index (χ4v) is 2.46. The highest BCUT2D eigenvalue weighted by Crippen LogP contribution is 2.16. The van der Waals surface area contributed by atoms with Crippen LogP contribution in [-0.2, 0) is 17.8 Å². The summed E-state index contributed by atoms with van der Waals surface area (Å²) in [7, 11) is 0. The maximum atomic E-state index is 12.2. The molecule has 8 nitrogen and oxygen atoms in total. The normalized spacial score (nSPS) is 10.4. The van der Waals surface area contributed by atoms with Gasteiger partial charge in [-0.1, -0.05) is 12.1 Å². The van der Waals surface area contributed by atoms with Crippen LogP contribution in [0.1, 0.15) is 24.7 Å². The van der Waals surface area contributed by atoms with Gasteiger partial charge >= 0.3 is 0 Å². The zero-order chi connectivity index (χ0) is 19.2. The Morgan fingerprint density at radius 1 is 1.26 bits per heavy atom. The molecule has 27 heavy (non-hydrogen) atoms. The van der Waals surface area contributed by atoms with E-state index in [0.717, 1.165) is 6.42 Å². The highest BCUT2D eigenvalue weighted by Gasteiger charge is 2.11. The van der Waals surface area contributed by atoms with Gasteiger partial charge in [-0.25, -0.2) is 0 Å². The number of nitrogens with one attached hydrogen (secondary N) is 1. The largest absolute Gasteiger partial charge is 0.334 e. The Balaban J connectivity index is 1.74. The minimum atomic E-state index is -0.365. The van der Waals surface area contributed by atoms with Gasteiger partial charge in [0.2, 0.25) is 5.91 Å². The first-order valence-electron chi connectivity index (χ1n) is 8.42. The molecule has 0 spiro atoms. The van der Waals surface area contributed by atoms with Crippen molar-refractivity contribution < 1.29 is 9.32 Å². The Morgan fingerprint density at radius 3 is 2.74 bits per heavy atom. The molecular formula is C19H17N5O3. The number of pyridine rings is 1. The molecule has 1 amide bonds. The third kappa shape index (κ3) is 4.46. The molecule has 0 aliphatic carbocycles. The summed E-state index contributed by atoms with van der Waals surface area (Å²) >= 11 is 0. The summed E-state index contributed by atoms with van der Waals surface area (Å²) < 4.78 is 6.49. The molecule has 0 aliphatic rings. The predicted octanol–water partition coefficient (Wildman–Crippen LogP) is 2.36. The van der Waals surface area contributed by atoms with E-state index < -0.39 is 0 Å². The van der Waals surface area contributed by atoms with Gasteiger partial charge in [-0.3, -0.25) is 9.59 Å². The van der Waals surface area contributed by atoms with E-state index in [-0.39, 0.29) is 18.0 Å². The molecule has 8 heteroatoms. The van der Waals surface area contributed by atoms with Crippen molar-refractivity contribution in [2.24, 2.45) is 0 Å². The first kappa shape index (κ1) is 18.1. The molecule has 2 heterocycles. The number of nitrogens with zero attached hydrogens (tertiary/aromatic N) is 4. The van der Waals surface area contributed by atoms with Crippen molar-refractivity contribution in [2.45, 2.75) is 26.3 Å². The van der Waals surface area contributed by atoms with Crippen LogP contribution in [0.4, 0.5) is 5.69 Å². The molecular weight excluding hydrogens is 346 g/mol. The standard InChI is InChI=1S/C19H17N5O3/c1-2-3-16-22-19(27-23-16)14-6-9-18(26)24(11-14)12-17(25)21-15-7-4-13(10-20)5-8-15/h4-9,11H,2-3,12H2,1H3,(H,21,25). The van der Waals surface area contributed by atoms with Gasteiger partial charge in [0.05, 0.1) is 17.2 Å². The second-order valence-electron chi connectivity index (χ2n) is 5.89. The molecule has 0 atom stereocenters. The van der Waals surface area contributed by atoms with Crippen molar-refractivity contribution in [2.75, 3.05) is 5.32 Å². The molecule has 0 saturated heterocycles. The van der Waals surface area contributed by atoms with Crippen LogP contribution in [-0.4, -0.2) is 20.6 Å². The summed E-state index contributed by atoms with van der Waals surface area (Å²) in [6, 6.07) is 11.4. The molecule has 136 valence electrons. The zero-order valence-corrected chi connectivity index (χ0v) is 14.7. The SMILES string of the molecule is CCCc1noc(-c2ccc(=O)n(CC(=O)Nc3ccc(C#N)cc3)c2)n1. The van der Waals surface area contributed by atoms with E-state index in [1.165, 1.54) is 16.8 Å². The highest BCUT2D eigenvalue weighted by atomic mass is 16.5. The molecule has 0 bridgehead atoms. The predicted molar refractivity (Wildman–Crippen MR) is 97.8 cm³/mol. The molecule has 0 unspecified atom stereocenters. The number of benzene rings is 1. The number of aryl methyl sites for hydroxylation is 1. The lowest BCUT2D eigenvalue weighted by Gasteiger charge is -2.08. The van der Waals surface area contributed by atoms with Gasteiger partial charge in [-0.2, -0.15) is 10.2 Å².